The predicted molar refractivity (Wildman–Crippen MR) is 101 cm³/mol. The van der Waals surface area contributed by atoms with E-state index in [1.165, 1.54) is 0 Å². The molecule has 1 saturated heterocycles. The van der Waals surface area contributed by atoms with Gasteiger partial charge in [0, 0.05) is 22.9 Å². The average Bonchev–Trinajstić information content (AvgIpc) is 3.15. The summed E-state index contributed by atoms with van der Waals surface area (Å²) in [6, 6.07) is 7.30. The van der Waals surface area contributed by atoms with Crippen LogP contribution in [-0.2, 0) is 0 Å². The number of piperidine rings is 1. The molecule has 2 aromatic heterocycles. The van der Waals surface area contributed by atoms with E-state index in [0.29, 0.717) is 23.1 Å². The monoisotopic (exact) mass is 370 g/mol. The summed E-state index contributed by atoms with van der Waals surface area (Å²) in [6.07, 6.45) is 5.88. The van der Waals surface area contributed by atoms with Gasteiger partial charge in [0.2, 0.25) is 0 Å². The van der Waals surface area contributed by atoms with Crippen molar-refractivity contribution in [3.8, 4) is 28.1 Å². The summed E-state index contributed by atoms with van der Waals surface area (Å²) in [5.41, 5.74) is 8.67. The molecule has 26 heavy (non-hydrogen) atoms. The zero-order valence-electron chi connectivity index (χ0n) is 14.1. The third kappa shape index (κ3) is 3.11. The highest BCUT2D eigenvalue weighted by molar-refractivity contribution is 6.32. The first-order chi connectivity index (χ1) is 12.6. The maximum atomic E-state index is 10.2. The lowest BCUT2D eigenvalue weighted by Gasteiger charge is -2.22. The number of hydrogen-bond donors (Lipinski definition) is 3. The first-order valence-corrected chi connectivity index (χ1v) is 8.87. The Balaban J connectivity index is 1.71. The van der Waals surface area contributed by atoms with E-state index >= 15 is 0 Å². The number of aromatic hydroxyl groups is 1. The largest absolute Gasteiger partial charge is 0.506 e. The summed E-state index contributed by atoms with van der Waals surface area (Å²) in [6.45, 7) is 1.99. The molecule has 8 heteroatoms. The number of hydrogen-bond acceptors (Lipinski definition) is 6. The molecule has 4 rings (SSSR count). The molecule has 0 aliphatic carbocycles. The Labute approximate surface area is 155 Å². The van der Waals surface area contributed by atoms with Gasteiger partial charge in [-0.3, -0.25) is 4.68 Å². The fraction of sp³-hybridized carbons (Fsp3) is 0.278. The first-order valence-electron chi connectivity index (χ1n) is 8.50. The summed E-state index contributed by atoms with van der Waals surface area (Å²) < 4.78 is 1.99. The Hall–Kier alpha value is -2.64. The maximum Gasteiger partial charge on any atom is 0.154 e. The SMILES string of the molecule is Nc1nnc(-c2cccc(Cl)c2O)cc1-c1cnn(C2CCNCC2)c1. The van der Waals surface area contributed by atoms with E-state index in [4.69, 9.17) is 17.3 Å². The first kappa shape index (κ1) is 16.8. The van der Waals surface area contributed by atoms with Crippen LogP contribution in [0.3, 0.4) is 0 Å². The van der Waals surface area contributed by atoms with Gasteiger partial charge in [0.15, 0.2) is 5.82 Å². The molecule has 7 nitrogen and oxygen atoms in total. The van der Waals surface area contributed by atoms with Crippen LogP contribution in [0.15, 0.2) is 36.7 Å². The van der Waals surface area contributed by atoms with Crippen LogP contribution < -0.4 is 11.1 Å². The number of benzene rings is 1. The van der Waals surface area contributed by atoms with Crippen molar-refractivity contribution in [1.29, 1.82) is 0 Å². The lowest BCUT2D eigenvalue weighted by Crippen LogP contribution is -2.29. The topological polar surface area (TPSA) is 102 Å². The molecule has 0 bridgehead atoms. The number of phenolic OH excluding ortho intramolecular Hbond substituents is 1. The number of para-hydroxylation sites is 1. The van der Waals surface area contributed by atoms with Crippen LogP contribution in [-0.4, -0.2) is 38.2 Å². The highest BCUT2D eigenvalue weighted by Gasteiger charge is 2.18. The molecule has 3 heterocycles. The second-order valence-electron chi connectivity index (χ2n) is 6.35. The second kappa shape index (κ2) is 6.93. The molecule has 1 fully saturated rings. The number of anilines is 1. The van der Waals surface area contributed by atoms with E-state index in [9.17, 15) is 5.11 Å². The highest BCUT2D eigenvalue weighted by atomic mass is 35.5. The van der Waals surface area contributed by atoms with Crippen LogP contribution in [0.4, 0.5) is 5.82 Å². The quantitative estimate of drug-likeness (QED) is 0.655. The number of phenols is 1. The van der Waals surface area contributed by atoms with Gasteiger partial charge in [-0.1, -0.05) is 17.7 Å². The normalized spacial score (nSPS) is 15.3. The molecule has 0 spiro atoms. The summed E-state index contributed by atoms with van der Waals surface area (Å²) in [5, 5.41) is 26.5. The fourth-order valence-corrected chi connectivity index (χ4v) is 3.41. The lowest BCUT2D eigenvalue weighted by molar-refractivity contribution is 0.343. The molecule has 1 aliphatic rings. The van der Waals surface area contributed by atoms with E-state index in [1.54, 1.807) is 30.5 Å². The minimum atomic E-state index is -0.0235. The Morgan fingerprint density at radius 3 is 2.81 bits per heavy atom. The van der Waals surface area contributed by atoms with E-state index in [-0.39, 0.29) is 10.8 Å². The van der Waals surface area contributed by atoms with Crippen LogP contribution in [0.25, 0.3) is 22.4 Å². The summed E-state index contributed by atoms with van der Waals surface area (Å²) in [5.74, 6) is 0.296. The van der Waals surface area contributed by atoms with Crippen molar-refractivity contribution < 1.29 is 5.11 Å². The Morgan fingerprint density at radius 1 is 1.19 bits per heavy atom. The smallest absolute Gasteiger partial charge is 0.154 e. The Morgan fingerprint density at radius 2 is 2.00 bits per heavy atom. The van der Waals surface area contributed by atoms with Crippen molar-refractivity contribution >= 4 is 17.4 Å². The van der Waals surface area contributed by atoms with Gasteiger partial charge in [0.1, 0.15) is 5.75 Å². The van der Waals surface area contributed by atoms with Crippen LogP contribution in [0.5, 0.6) is 5.75 Å². The Kier molecular flexibility index (Phi) is 4.48. The number of aromatic nitrogens is 4. The van der Waals surface area contributed by atoms with Gasteiger partial charge in [-0.05, 0) is 44.1 Å². The molecule has 134 valence electrons. The second-order valence-corrected chi connectivity index (χ2v) is 6.76. The van der Waals surface area contributed by atoms with Crippen molar-refractivity contribution in [1.82, 2.24) is 25.3 Å². The van der Waals surface area contributed by atoms with E-state index < -0.39 is 0 Å². The number of nitrogens with one attached hydrogen (secondary N) is 1. The molecule has 0 radical (unpaired) electrons. The third-order valence-electron chi connectivity index (χ3n) is 4.68. The number of nitrogen functional groups attached to an aromatic ring is 1. The molecule has 1 aromatic carbocycles. The van der Waals surface area contributed by atoms with Gasteiger partial charge in [-0.15, -0.1) is 10.2 Å². The molecule has 3 aromatic rings. The zero-order valence-corrected chi connectivity index (χ0v) is 14.8. The summed E-state index contributed by atoms with van der Waals surface area (Å²) in [4.78, 5) is 0. The van der Waals surface area contributed by atoms with Gasteiger partial charge < -0.3 is 16.2 Å². The van der Waals surface area contributed by atoms with Crippen LogP contribution in [0, 0.1) is 0 Å². The molecule has 4 N–H and O–H groups in total. The number of halogens is 1. The van der Waals surface area contributed by atoms with Gasteiger partial charge in [0.05, 0.1) is 23.0 Å². The van der Waals surface area contributed by atoms with Crippen LogP contribution in [0.1, 0.15) is 18.9 Å². The van der Waals surface area contributed by atoms with Crippen LogP contribution in [0.2, 0.25) is 5.02 Å². The van der Waals surface area contributed by atoms with Gasteiger partial charge in [-0.2, -0.15) is 5.10 Å². The van der Waals surface area contributed by atoms with Gasteiger partial charge in [-0.25, -0.2) is 0 Å². The number of nitrogens with zero attached hydrogens (tertiary/aromatic N) is 4. The van der Waals surface area contributed by atoms with E-state index in [0.717, 1.165) is 37.1 Å². The summed E-state index contributed by atoms with van der Waals surface area (Å²) >= 11 is 6.00. The van der Waals surface area contributed by atoms with Crippen molar-refractivity contribution in [3.63, 3.8) is 0 Å². The third-order valence-corrected chi connectivity index (χ3v) is 4.99. The van der Waals surface area contributed by atoms with Crippen molar-refractivity contribution in [2.75, 3.05) is 18.8 Å². The van der Waals surface area contributed by atoms with Crippen LogP contribution >= 0.6 is 11.6 Å². The minimum absolute atomic E-state index is 0.0235. The van der Waals surface area contributed by atoms with Gasteiger partial charge >= 0.3 is 0 Å². The number of rotatable bonds is 3. The maximum absolute atomic E-state index is 10.2. The van der Waals surface area contributed by atoms with Crippen molar-refractivity contribution in [2.24, 2.45) is 0 Å². The molecule has 0 atom stereocenters. The lowest BCUT2D eigenvalue weighted by atomic mass is 10.1. The van der Waals surface area contributed by atoms with E-state index in [2.05, 4.69) is 20.6 Å². The standard InChI is InChI=1S/C18H19ClN6O/c19-15-3-1-2-13(17(15)26)16-8-14(18(20)24-23-16)11-9-22-25(10-11)12-4-6-21-7-5-12/h1-3,8-10,12,21,26H,4-7H2,(H2,20,24). The van der Waals surface area contributed by atoms with Crippen molar-refractivity contribution in [3.05, 3.63) is 41.7 Å². The molecular weight excluding hydrogens is 352 g/mol. The molecule has 0 unspecified atom stereocenters. The summed E-state index contributed by atoms with van der Waals surface area (Å²) in [7, 11) is 0. The van der Waals surface area contributed by atoms with E-state index in [1.807, 2.05) is 10.9 Å². The molecular formula is C18H19ClN6O. The molecule has 0 saturated carbocycles. The molecule has 0 amide bonds. The fourth-order valence-electron chi connectivity index (χ4n) is 3.23. The predicted octanol–water partition coefficient (Wildman–Crippen LogP) is 2.87. The average molecular weight is 371 g/mol. The minimum Gasteiger partial charge on any atom is -0.506 e. The van der Waals surface area contributed by atoms with Crippen molar-refractivity contribution in [2.45, 2.75) is 18.9 Å². The number of nitrogens with two attached hydrogens (primary N) is 1. The van der Waals surface area contributed by atoms with Gasteiger partial charge in [0.25, 0.3) is 0 Å². The molecule has 1 aliphatic heterocycles. The zero-order chi connectivity index (χ0) is 18.1. The highest BCUT2D eigenvalue weighted by Crippen LogP contribution is 2.36. The Bertz CT molecular complexity index is 935.